The summed E-state index contributed by atoms with van der Waals surface area (Å²) in [7, 11) is 0. The average molecular weight is 527 g/mol. The number of pyridine rings is 2. The molecule has 1 atom stereocenters. The van der Waals surface area contributed by atoms with E-state index in [9.17, 15) is 13.9 Å². The molecule has 6 nitrogen and oxygen atoms in total. The number of anilines is 2. The molecular weight excluding hydrogens is 498 g/mol. The summed E-state index contributed by atoms with van der Waals surface area (Å²) < 4.78 is 32.8. The van der Waals surface area contributed by atoms with Gasteiger partial charge in [-0.2, -0.15) is 0 Å². The third-order valence-corrected chi connectivity index (χ3v) is 7.16. The molecule has 9 heteroatoms. The van der Waals surface area contributed by atoms with E-state index in [0.29, 0.717) is 29.6 Å². The second kappa shape index (κ2) is 9.91. The summed E-state index contributed by atoms with van der Waals surface area (Å²) in [6.07, 6.45) is 14.5. The lowest BCUT2D eigenvalue weighted by Gasteiger charge is -2.36. The van der Waals surface area contributed by atoms with Crippen LogP contribution in [0.3, 0.4) is 0 Å². The fourth-order valence-corrected chi connectivity index (χ4v) is 5.02. The maximum atomic E-state index is 13.9. The summed E-state index contributed by atoms with van der Waals surface area (Å²) in [6.45, 7) is 5.88. The molecule has 1 fully saturated rings. The average Bonchev–Trinajstić information content (AvgIpc) is 3.68. The van der Waals surface area contributed by atoms with E-state index < -0.39 is 22.7 Å². The lowest BCUT2D eigenvalue weighted by molar-refractivity contribution is 0.116. The molecule has 0 bridgehead atoms. The lowest BCUT2D eigenvalue weighted by atomic mass is 9.95. The van der Waals surface area contributed by atoms with Crippen molar-refractivity contribution in [3.8, 4) is 0 Å². The van der Waals surface area contributed by atoms with Crippen LogP contribution in [0.25, 0.3) is 0 Å². The van der Waals surface area contributed by atoms with Gasteiger partial charge in [0.25, 0.3) is 0 Å². The molecule has 0 saturated heterocycles. The van der Waals surface area contributed by atoms with Gasteiger partial charge in [0.15, 0.2) is 5.82 Å². The number of allylic oxidation sites excluding steroid dienone is 4. The molecule has 1 aliphatic carbocycles. The number of aliphatic hydroxyl groups is 1. The van der Waals surface area contributed by atoms with Gasteiger partial charge in [0.05, 0.1) is 11.8 Å². The van der Waals surface area contributed by atoms with Gasteiger partial charge < -0.3 is 19.6 Å². The van der Waals surface area contributed by atoms with Crippen molar-refractivity contribution in [2.24, 2.45) is 0 Å². The number of hydrogen-bond acceptors (Lipinski definition) is 6. The van der Waals surface area contributed by atoms with Crippen LogP contribution >= 0.6 is 11.6 Å². The molecule has 0 spiro atoms. The minimum Gasteiger partial charge on any atom is -0.487 e. The van der Waals surface area contributed by atoms with Crippen molar-refractivity contribution in [1.82, 2.24) is 9.97 Å². The van der Waals surface area contributed by atoms with E-state index in [-0.39, 0.29) is 12.3 Å². The summed E-state index contributed by atoms with van der Waals surface area (Å²) in [5, 5.41) is 10.6. The van der Waals surface area contributed by atoms with E-state index in [4.69, 9.17) is 21.3 Å². The van der Waals surface area contributed by atoms with Crippen LogP contribution in [-0.2, 0) is 11.3 Å². The van der Waals surface area contributed by atoms with Crippen LogP contribution < -0.4 is 9.80 Å². The van der Waals surface area contributed by atoms with Gasteiger partial charge in [-0.25, -0.2) is 13.8 Å². The van der Waals surface area contributed by atoms with Crippen molar-refractivity contribution in [1.29, 1.82) is 0 Å². The first-order chi connectivity index (χ1) is 17.6. The van der Waals surface area contributed by atoms with Crippen molar-refractivity contribution in [3.05, 3.63) is 95.0 Å². The largest absolute Gasteiger partial charge is 0.487 e. The summed E-state index contributed by atoms with van der Waals surface area (Å²) >= 11 is 6.78. The third-order valence-electron chi connectivity index (χ3n) is 6.71. The highest BCUT2D eigenvalue weighted by molar-refractivity contribution is 6.24. The smallest absolute Gasteiger partial charge is 0.151 e. The Balaban J connectivity index is 1.37. The molecule has 2 aliphatic heterocycles. The van der Waals surface area contributed by atoms with Crippen molar-refractivity contribution in [2.75, 3.05) is 16.3 Å². The number of halogens is 3. The number of ether oxygens (including phenoxy) is 1. The summed E-state index contributed by atoms with van der Waals surface area (Å²) in [6, 6.07) is 2.84. The maximum Gasteiger partial charge on any atom is 0.151 e. The van der Waals surface area contributed by atoms with E-state index in [0.717, 1.165) is 36.5 Å². The minimum atomic E-state index is -1.06. The predicted molar refractivity (Wildman–Crippen MR) is 140 cm³/mol. The van der Waals surface area contributed by atoms with Gasteiger partial charge in [0.2, 0.25) is 0 Å². The molecule has 0 aromatic carbocycles. The fraction of sp³-hybridized carbons (Fsp3) is 0.357. The number of aromatic nitrogens is 2. The summed E-state index contributed by atoms with van der Waals surface area (Å²) in [5.74, 6) is 0.294. The topological polar surface area (TPSA) is 61.7 Å². The van der Waals surface area contributed by atoms with E-state index in [1.165, 1.54) is 5.56 Å². The van der Waals surface area contributed by atoms with Gasteiger partial charge >= 0.3 is 0 Å². The lowest BCUT2D eigenvalue weighted by Crippen LogP contribution is -2.39. The molecule has 2 aromatic heterocycles. The number of rotatable bonds is 7. The highest BCUT2D eigenvalue weighted by atomic mass is 35.5. The first-order valence-electron chi connectivity index (χ1n) is 12.2. The molecule has 3 aliphatic rings. The normalized spacial score (nSPS) is 20.0. The highest BCUT2D eigenvalue weighted by Crippen LogP contribution is 2.46. The Morgan fingerprint density at radius 3 is 2.65 bits per heavy atom. The van der Waals surface area contributed by atoms with E-state index >= 15 is 0 Å². The Bertz CT molecular complexity index is 1330. The molecule has 4 heterocycles. The fourth-order valence-electron chi connectivity index (χ4n) is 4.52. The molecule has 5 rings (SSSR count). The van der Waals surface area contributed by atoms with Crippen molar-refractivity contribution >= 4 is 23.1 Å². The first-order valence-corrected chi connectivity index (χ1v) is 12.7. The van der Waals surface area contributed by atoms with Gasteiger partial charge in [-0.05, 0) is 68.9 Å². The van der Waals surface area contributed by atoms with Crippen LogP contribution in [0.15, 0.2) is 72.1 Å². The van der Waals surface area contributed by atoms with E-state index in [1.807, 2.05) is 54.6 Å². The molecule has 2 aromatic rings. The SMILES string of the molecule is CC1=CC(OCc2ncc(F)cc2F)=CCN1c1cc(N2C=CC=C(C(C)(C)O)C2Cl)ncc1C1CC1. The molecule has 1 unspecified atom stereocenters. The van der Waals surface area contributed by atoms with E-state index in [1.54, 1.807) is 13.8 Å². The molecule has 0 amide bonds. The Kier molecular flexibility index (Phi) is 6.81. The number of hydrogen-bond donors (Lipinski definition) is 1. The number of alkyl halides is 1. The van der Waals surface area contributed by atoms with Gasteiger partial charge in [-0.1, -0.05) is 17.7 Å². The first kappa shape index (κ1) is 25.4. The molecule has 1 N–H and O–H groups in total. The maximum absolute atomic E-state index is 13.9. The van der Waals surface area contributed by atoms with Crippen molar-refractivity contribution < 1.29 is 18.6 Å². The van der Waals surface area contributed by atoms with E-state index in [2.05, 4.69) is 9.88 Å². The standard InChI is InChI=1S/C28H29ClF2N4O2/c1-17-11-20(37-16-24-23(31)12-19(30)14-32-24)8-10-34(17)25-13-26(33-15-21(25)18-6-7-18)35-9-4-5-22(27(35)29)28(2,3)36/h4-5,8-9,11-15,18,27,36H,6-7,10,16H2,1-3H3. The molecule has 0 radical (unpaired) electrons. The van der Waals surface area contributed by atoms with Crippen LogP contribution in [0.1, 0.15) is 50.8 Å². The molecule has 1 saturated carbocycles. The molecule has 194 valence electrons. The minimum absolute atomic E-state index is 0.0512. The second-order valence-corrected chi connectivity index (χ2v) is 10.4. The number of nitrogens with zero attached hydrogens (tertiary/aromatic N) is 4. The quantitative estimate of drug-likeness (QED) is 0.350. The third kappa shape index (κ3) is 5.40. The van der Waals surface area contributed by atoms with Gasteiger partial charge in [0, 0.05) is 42.5 Å². The zero-order valence-electron chi connectivity index (χ0n) is 21.0. The molecular formula is C28H29ClF2N4O2. The second-order valence-electron chi connectivity index (χ2n) is 10.0. The Morgan fingerprint density at radius 2 is 1.97 bits per heavy atom. The van der Waals surface area contributed by atoms with Crippen molar-refractivity contribution in [3.63, 3.8) is 0 Å². The Morgan fingerprint density at radius 1 is 1.19 bits per heavy atom. The van der Waals surface area contributed by atoms with Gasteiger partial charge in [-0.3, -0.25) is 4.98 Å². The zero-order chi connectivity index (χ0) is 26.3. The van der Waals surface area contributed by atoms with Crippen LogP contribution in [0.2, 0.25) is 0 Å². The van der Waals surface area contributed by atoms with Crippen LogP contribution in [-0.4, -0.2) is 32.7 Å². The Hall–Kier alpha value is -3.23. The zero-order valence-corrected chi connectivity index (χ0v) is 21.7. The predicted octanol–water partition coefficient (Wildman–Crippen LogP) is 6.05. The van der Waals surface area contributed by atoms with Crippen LogP contribution in [0, 0.1) is 11.6 Å². The highest BCUT2D eigenvalue weighted by Gasteiger charge is 2.34. The van der Waals surface area contributed by atoms with Crippen molar-refractivity contribution in [2.45, 2.75) is 57.2 Å². The van der Waals surface area contributed by atoms with Gasteiger partial charge in [-0.15, -0.1) is 0 Å². The van der Waals surface area contributed by atoms with Crippen LogP contribution in [0.4, 0.5) is 20.3 Å². The Labute approximate surface area is 220 Å². The summed E-state index contributed by atoms with van der Waals surface area (Å²) in [5.41, 5.74) is 2.28. The molecule has 37 heavy (non-hydrogen) atoms. The summed E-state index contributed by atoms with van der Waals surface area (Å²) in [4.78, 5) is 12.6. The van der Waals surface area contributed by atoms with Crippen LogP contribution in [0.5, 0.6) is 0 Å². The van der Waals surface area contributed by atoms with Gasteiger partial charge in [0.1, 0.15) is 35.2 Å². The monoisotopic (exact) mass is 526 g/mol.